The maximum absolute atomic E-state index is 12.3. The summed E-state index contributed by atoms with van der Waals surface area (Å²) in [6, 6.07) is 1.74. The molecule has 0 aromatic carbocycles. The smallest absolute Gasteiger partial charge is 0.280 e. The molecule has 1 aromatic rings. The Kier molecular flexibility index (Phi) is 5.59. The predicted molar refractivity (Wildman–Crippen MR) is 82.0 cm³/mol. The molecule has 6 nitrogen and oxygen atoms in total. The SMILES string of the molecule is CCCN(CCC)S(=O)(=O)Nc1cc(C(C)(C)C)[nH]n1. The third-order valence-electron chi connectivity index (χ3n) is 2.91. The summed E-state index contributed by atoms with van der Waals surface area (Å²) in [6.45, 7) is 11.1. The highest BCUT2D eigenvalue weighted by Crippen LogP contribution is 2.22. The first-order valence-corrected chi connectivity index (χ1v) is 8.48. The monoisotopic (exact) mass is 302 g/mol. The van der Waals surface area contributed by atoms with Gasteiger partial charge in [0.1, 0.15) is 0 Å². The fourth-order valence-corrected chi connectivity index (χ4v) is 3.15. The zero-order valence-electron chi connectivity index (χ0n) is 13.0. The van der Waals surface area contributed by atoms with Crippen molar-refractivity contribution in [2.45, 2.75) is 52.9 Å². The number of nitrogens with one attached hydrogen (secondary N) is 2. The average molecular weight is 302 g/mol. The lowest BCUT2D eigenvalue weighted by Gasteiger charge is -2.20. The molecule has 0 atom stereocenters. The van der Waals surface area contributed by atoms with Crippen molar-refractivity contribution in [3.8, 4) is 0 Å². The van der Waals surface area contributed by atoms with E-state index >= 15 is 0 Å². The third-order valence-corrected chi connectivity index (χ3v) is 4.42. The van der Waals surface area contributed by atoms with E-state index in [1.54, 1.807) is 6.07 Å². The van der Waals surface area contributed by atoms with Crippen LogP contribution in [0.1, 0.15) is 53.2 Å². The molecule has 116 valence electrons. The van der Waals surface area contributed by atoms with E-state index in [1.165, 1.54) is 4.31 Å². The highest BCUT2D eigenvalue weighted by Gasteiger charge is 2.23. The molecular weight excluding hydrogens is 276 g/mol. The summed E-state index contributed by atoms with van der Waals surface area (Å²) in [5.74, 6) is 0.340. The van der Waals surface area contributed by atoms with Crippen LogP contribution in [-0.2, 0) is 15.6 Å². The normalized spacial score (nSPS) is 12.9. The molecule has 0 fully saturated rings. The molecule has 0 radical (unpaired) electrons. The standard InChI is InChI=1S/C13H26N4O2S/c1-6-8-17(9-7-2)20(18,19)16-12-10-11(14-15-12)13(3,4)5/h10H,6-9H2,1-5H3,(H2,14,15,16). The van der Waals surface area contributed by atoms with E-state index in [0.717, 1.165) is 18.5 Å². The molecule has 0 bridgehead atoms. The Hall–Kier alpha value is -1.08. The van der Waals surface area contributed by atoms with Crippen molar-refractivity contribution in [3.05, 3.63) is 11.8 Å². The quantitative estimate of drug-likeness (QED) is 0.812. The molecule has 20 heavy (non-hydrogen) atoms. The summed E-state index contributed by atoms with van der Waals surface area (Å²) >= 11 is 0. The molecule has 1 rings (SSSR count). The molecule has 0 spiro atoms. The maximum Gasteiger partial charge on any atom is 0.302 e. The number of aromatic nitrogens is 2. The van der Waals surface area contributed by atoms with Gasteiger partial charge in [0.25, 0.3) is 0 Å². The van der Waals surface area contributed by atoms with Gasteiger partial charge in [-0.05, 0) is 12.8 Å². The first kappa shape index (κ1) is 17.0. The van der Waals surface area contributed by atoms with Crippen molar-refractivity contribution < 1.29 is 8.42 Å². The Morgan fingerprint density at radius 3 is 2.20 bits per heavy atom. The van der Waals surface area contributed by atoms with Gasteiger partial charge in [0.05, 0.1) is 0 Å². The Balaban J connectivity index is 2.87. The molecule has 7 heteroatoms. The van der Waals surface area contributed by atoms with Crippen molar-refractivity contribution in [1.82, 2.24) is 14.5 Å². The van der Waals surface area contributed by atoms with Gasteiger partial charge in [0.2, 0.25) is 0 Å². The first-order valence-electron chi connectivity index (χ1n) is 7.04. The molecule has 2 N–H and O–H groups in total. The molecule has 1 heterocycles. The van der Waals surface area contributed by atoms with Crippen LogP contribution in [0.4, 0.5) is 5.82 Å². The Bertz CT molecular complexity index is 511. The van der Waals surface area contributed by atoms with Gasteiger partial charge >= 0.3 is 10.2 Å². The van der Waals surface area contributed by atoms with Crippen molar-refractivity contribution in [2.24, 2.45) is 0 Å². The van der Waals surface area contributed by atoms with Gasteiger partial charge in [-0.15, -0.1) is 0 Å². The number of hydrogen-bond donors (Lipinski definition) is 2. The van der Waals surface area contributed by atoms with E-state index in [4.69, 9.17) is 0 Å². The van der Waals surface area contributed by atoms with Gasteiger partial charge in [0.15, 0.2) is 5.82 Å². The minimum atomic E-state index is -3.53. The van der Waals surface area contributed by atoms with E-state index in [-0.39, 0.29) is 5.41 Å². The minimum absolute atomic E-state index is 0.0940. The van der Waals surface area contributed by atoms with Crippen LogP contribution in [-0.4, -0.2) is 36.0 Å². The molecule has 0 aliphatic heterocycles. The van der Waals surface area contributed by atoms with Gasteiger partial charge in [-0.2, -0.15) is 17.8 Å². The van der Waals surface area contributed by atoms with E-state index < -0.39 is 10.2 Å². The molecule has 0 saturated heterocycles. The minimum Gasteiger partial charge on any atom is -0.280 e. The lowest BCUT2D eigenvalue weighted by atomic mass is 9.92. The van der Waals surface area contributed by atoms with Gasteiger partial charge in [0, 0.05) is 30.3 Å². The predicted octanol–water partition coefficient (Wildman–Crippen LogP) is 2.49. The van der Waals surface area contributed by atoms with Crippen molar-refractivity contribution in [2.75, 3.05) is 17.8 Å². The van der Waals surface area contributed by atoms with Crippen LogP contribution >= 0.6 is 0 Å². The van der Waals surface area contributed by atoms with Crippen molar-refractivity contribution in [3.63, 3.8) is 0 Å². The van der Waals surface area contributed by atoms with Crippen molar-refractivity contribution in [1.29, 1.82) is 0 Å². The number of hydrogen-bond acceptors (Lipinski definition) is 3. The van der Waals surface area contributed by atoms with E-state index in [2.05, 4.69) is 14.9 Å². The molecule has 0 amide bonds. The van der Waals surface area contributed by atoms with Crippen LogP contribution < -0.4 is 4.72 Å². The first-order chi connectivity index (χ1) is 9.20. The summed E-state index contributed by atoms with van der Waals surface area (Å²) in [6.07, 6.45) is 1.57. The number of rotatable bonds is 7. The summed E-state index contributed by atoms with van der Waals surface area (Å²) in [7, 11) is -3.53. The second kappa shape index (κ2) is 6.58. The zero-order valence-corrected chi connectivity index (χ0v) is 13.8. The highest BCUT2D eigenvalue weighted by atomic mass is 32.2. The summed E-state index contributed by atoms with van der Waals surface area (Å²) < 4.78 is 28.6. The van der Waals surface area contributed by atoms with Crippen LogP contribution in [0.3, 0.4) is 0 Å². The molecule has 0 unspecified atom stereocenters. The highest BCUT2D eigenvalue weighted by molar-refractivity contribution is 7.90. The lowest BCUT2D eigenvalue weighted by Crippen LogP contribution is -2.37. The molecular formula is C13H26N4O2S. The molecule has 1 aromatic heterocycles. The van der Waals surface area contributed by atoms with Crippen LogP contribution in [0.2, 0.25) is 0 Å². The Morgan fingerprint density at radius 1 is 1.25 bits per heavy atom. The van der Waals surface area contributed by atoms with Gasteiger partial charge in [-0.1, -0.05) is 34.6 Å². The fraction of sp³-hybridized carbons (Fsp3) is 0.769. The third kappa shape index (κ3) is 4.49. The Morgan fingerprint density at radius 2 is 1.80 bits per heavy atom. The van der Waals surface area contributed by atoms with Crippen LogP contribution in [0.15, 0.2) is 6.07 Å². The van der Waals surface area contributed by atoms with E-state index in [0.29, 0.717) is 18.9 Å². The topological polar surface area (TPSA) is 78.1 Å². The maximum atomic E-state index is 12.3. The van der Waals surface area contributed by atoms with Crippen LogP contribution in [0.5, 0.6) is 0 Å². The number of nitrogens with zero attached hydrogens (tertiary/aromatic N) is 2. The molecule has 0 aliphatic rings. The Labute approximate surface area is 122 Å². The van der Waals surface area contributed by atoms with Gasteiger partial charge < -0.3 is 0 Å². The summed E-state index contributed by atoms with van der Waals surface area (Å²) in [4.78, 5) is 0. The van der Waals surface area contributed by atoms with Gasteiger partial charge in [-0.3, -0.25) is 9.82 Å². The van der Waals surface area contributed by atoms with Crippen molar-refractivity contribution >= 4 is 16.0 Å². The largest absolute Gasteiger partial charge is 0.302 e. The van der Waals surface area contributed by atoms with Crippen LogP contribution in [0.25, 0.3) is 0 Å². The molecule has 0 saturated carbocycles. The van der Waals surface area contributed by atoms with Crippen LogP contribution in [0, 0.1) is 0 Å². The number of aromatic amines is 1. The number of anilines is 1. The summed E-state index contributed by atoms with van der Waals surface area (Å²) in [5, 5.41) is 6.90. The fourth-order valence-electron chi connectivity index (χ4n) is 1.81. The van der Waals surface area contributed by atoms with Gasteiger partial charge in [-0.25, -0.2) is 0 Å². The summed E-state index contributed by atoms with van der Waals surface area (Å²) in [5.41, 5.74) is 0.802. The molecule has 0 aliphatic carbocycles. The van der Waals surface area contributed by atoms with E-state index in [9.17, 15) is 8.42 Å². The van der Waals surface area contributed by atoms with E-state index in [1.807, 2.05) is 34.6 Å². The lowest BCUT2D eigenvalue weighted by molar-refractivity contribution is 0.413. The second-order valence-electron chi connectivity index (χ2n) is 5.92. The second-order valence-corrected chi connectivity index (χ2v) is 7.59. The average Bonchev–Trinajstić information content (AvgIpc) is 2.76. The number of H-pyrrole nitrogens is 1. The zero-order chi connectivity index (χ0) is 15.4.